The summed E-state index contributed by atoms with van der Waals surface area (Å²) >= 11 is 0. The van der Waals surface area contributed by atoms with Crippen molar-refractivity contribution < 1.29 is 13.9 Å². The molecular formula is C16H16F2O. The highest BCUT2D eigenvalue weighted by Crippen LogP contribution is 2.21. The van der Waals surface area contributed by atoms with Gasteiger partial charge in [0.25, 0.3) is 0 Å². The molecule has 0 amide bonds. The first-order valence-corrected chi connectivity index (χ1v) is 6.25. The summed E-state index contributed by atoms with van der Waals surface area (Å²) in [4.78, 5) is 0. The van der Waals surface area contributed by atoms with Gasteiger partial charge in [0.1, 0.15) is 0 Å². The molecule has 0 aromatic heterocycles. The highest BCUT2D eigenvalue weighted by Gasteiger charge is 2.11. The number of hydrogen-bond acceptors (Lipinski definition) is 1. The van der Waals surface area contributed by atoms with Crippen molar-refractivity contribution in [1.29, 1.82) is 0 Å². The quantitative estimate of drug-likeness (QED) is 0.884. The highest BCUT2D eigenvalue weighted by molar-refractivity contribution is 5.23. The first-order valence-electron chi connectivity index (χ1n) is 6.25. The number of hydrogen-bond donors (Lipinski definition) is 1. The third-order valence-electron chi connectivity index (χ3n) is 3.12. The second-order valence-corrected chi connectivity index (χ2v) is 4.72. The Labute approximate surface area is 111 Å². The van der Waals surface area contributed by atoms with Crippen molar-refractivity contribution in [2.75, 3.05) is 0 Å². The Morgan fingerprint density at radius 1 is 1.05 bits per heavy atom. The molecule has 0 saturated carbocycles. The van der Waals surface area contributed by atoms with Gasteiger partial charge in [-0.25, -0.2) is 8.78 Å². The lowest BCUT2D eigenvalue weighted by Crippen LogP contribution is -2.01. The molecule has 2 rings (SSSR count). The first-order chi connectivity index (χ1) is 9.06. The van der Waals surface area contributed by atoms with Gasteiger partial charge in [-0.3, -0.25) is 0 Å². The van der Waals surface area contributed by atoms with E-state index in [9.17, 15) is 13.9 Å². The van der Waals surface area contributed by atoms with Crippen LogP contribution in [0.25, 0.3) is 0 Å². The molecular weight excluding hydrogens is 246 g/mol. The predicted molar refractivity (Wildman–Crippen MR) is 70.8 cm³/mol. The van der Waals surface area contributed by atoms with Crippen LogP contribution in [-0.4, -0.2) is 5.11 Å². The van der Waals surface area contributed by atoms with Crippen LogP contribution < -0.4 is 0 Å². The third-order valence-corrected chi connectivity index (χ3v) is 3.12. The smallest absolute Gasteiger partial charge is 0.159 e. The van der Waals surface area contributed by atoms with Crippen molar-refractivity contribution in [3.63, 3.8) is 0 Å². The maximum absolute atomic E-state index is 13.1. The fourth-order valence-electron chi connectivity index (χ4n) is 2.06. The zero-order valence-corrected chi connectivity index (χ0v) is 10.7. The molecule has 0 fully saturated rings. The lowest BCUT2D eigenvalue weighted by molar-refractivity contribution is 0.167. The third kappa shape index (κ3) is 3.61. The number of aryl methyl sites for hydroxylation is 2. The Bertz CT molecular complexity index is 566. The molecule has 1 unspecified atom stereocenters. The molecule has 0 bridgehead atoms. The first kappa shape index (κ1) is 13.7. The van der Waals surface area contributed by atoms with E-state index in [-0.39, 0.29) is 0 Å². The van der Waals surface area contributed by atoms with Gasteiger partial charge in [-0.2, -0.15) is 0 Å². The molecule has 19 heavy (non-hydrogen) atoms. The lowest BCUT2D eigenvalue weighted by Gasteiger charge is -2.11. The summed E-state index contributed by atoms with van der Waals surface area (Å²) in [6.07, 6.45) is 0.395. The van der Waals surface area contributed by atoms with Gasteiger partial charge in [0.15, 0.2) is 11.6 Å². The number of aliphatic hydroxyl groups excluding tert-OH is 1. The molecule has 0 radical (unpaired) electrons. The average Bonchev–Trinajstić information content (AvgIpc) is 2.39. The minimum Gasteiger partial charge on any atom is -0.388 e. The number of halogens is 2. The largest absolute Gasteiger partial charge is 0.388 e. The van der Waals surface area contributed by atoms with Gasteiger partial charge in [-0.05, 0) is 43.0 Å². The van der Waals surface area contributed by atoms with E-state index >= 15 is 0 Å². The lowest BCUT2D eigenvalue weighted by atomic mass is 10.0. The SMILES string of the molecule is Cc1cccc(CCC(O)c2ccc(F)c(F)c2)c1. The van der Waals surface area contributed by atoms with Crippen LogP contribution in [0.5, 0.6) is 0 Å². The summed E-state index contributed by atoms with van der Waals surface area (Å²) in [7, 11) is 0. The maximum Gasteiger partial charge on any atom is 0.159 e. The van der Waals surface area contributed by atoms with Crippen LogP contribution in [0, 0.1) is 18.6 Å². The second-order valence-electron chi connectivity index (χ2n) is 4.72. The molecule has 100 valence electrons. The van der Waals surface area contributed by atoms with E-state index in [0.717, 1.165) is 17.7 Å². The zero-order valence-electron chi connectivity index (χ0n) is 10.7. The number of rotatable bonds is 4. The van der Waals surface area contributed by atoms with Crippen LogP contribution in [0.2, 0.25) is 0 Å². The van der Waals surface area contributed by atoms with E-state index in [1.54, 1.807) is 0 Å². The van der Waals surface area contributed by atoms with E-state index in [1.807, 2.05) is 25.1 Å². The molecule has 3 heteroatoms. The molecule has 1 nitrogen and oxygen atoms in total. The molecule has 1 atom stereocenters. The minimum absolute atomic E-state index is 0.409. The van der Waals surface area contributed by atoms with Crippen LogP contribution in [0.4, 0.5) is 8.78 Å². The number of benzene rings is 2. The summed E-state index contributed by atoms with van der Waals surface area (Å²) in [5.41, 5.74) is 2.70. The van der Waals surface area contributed by atoms with E-state index in [0.29, 0.717) is 18.4 Å². The predicted octanol–water partition coefficient (Wildman–Crippen LogP) is 3.94. The Kier molecular flexibility index (Phi) is 4.27. The molecule has 0 spiro atoms. The van der Waals surface area contributed by atoms with Gasteiger partial charge in [0.05, 0.1) is 6.10 Å². The van der Waals surface area contributed by atoms with E-state index in [1.165, 1.54) is 11.6 Å². The van der Waals surface area contributed by atoms with Crippen molar-refractivity contribution in [2.45, 2.75) is 25.9 Å². The molecule has 0 heterocycles. The van der Waals surface area contributed by atoms with E-state index < -0.39 is 17.7 Å². The molecule has 0 aliphatic rings. The standard InChI is InChI=1S/C16H16F2O/c1-11-3-2-4-12(9-11)5-8-16(19)13-6-7-14(17)15(18)10-13/h2-4,6-7,9-10,16,19H,5,8H2,1H3. The molecule has 0 aliphatic heterocycles. The van der Waals surface area contributed by atoms with Crippen molar-refractivity contribution in [3.05, 3.63) is 70.8 Å². The minimum atomic E-state index is -0.924. The normalized spacial score (nSPS) is 12.4. The van der Waals surface area contributed by atoms with Gasteiger partial charge in [-0.15, -0.1) is 0 Å². The van der Waals surface area contributed by atoms with Gasteiger partial charge >= 0.3 is 0 Å². The molecule has 0 aliphatic carbocycles. The Hall–Kier alpha value is -1.74. The van der Waals surface area contributed by atoms with Crippen molar-refractivity contribution in [3.8, 4) is 0 Å². The van der Waals surface area contributed by atoms with Crippen LogP contribution in [-0.2, 0) is 6.42 Å². The summed E-state index contributed by atoms with van der Waals surface area (Å²) in [5, 5.41) is 9.98. The number of aliphatic hydroxyl groups is 1. The Morgan fingerprint density at radius 2 is 1.84 bits per heavy atom. The van der Waals surface area contributed by atoms with Gasteiger partial charge in [-0.1, -0.05) is 35.9 Å². The highest BCUT2D eigenvalue weighted by atomic mass is 19.2. The topological polar surface area (TPSA) is 20.2 Å². The zero-order chi connectivity index (χ0) is 13.8. The molecule has 2 aromatic carbocycles. The fraction of sp³-hybridized carbons (Fsp3) is 0.250. The summed E-state index contributed by atoms with van der Waals surface area (Å²) in [6, 6.07) is 11.5. The maximum atomic E-state index is 13.1. The van der Waals surface area contributed by atoms with Gasteiger partial charge in [0.2, 0.25) is 0 Å². The summed E-state index contributed by atoms with van der Waals surface area (Å²) < 4.78 is 25.9. The molecule has 0 saturated heterocycles. The van der Waals surface area contributed by atoms with Crippen LogP contribution in [0.15, 0.2) is 42.5 Å². The van der Waals surface area contributed by atoms with Crippen LogP contribution in [0.1, 0.15) is 29.2 Å². The van der Waals surface area contributed by atoms with Crippen molar-refractivity contribution >= 4 is 0 Å². The Balaban J connectivity index is 2.01. The molecule has 1 N–H and O–H groups in total. The summed E-state index contributed by atoms with van der Waals surface area (Å²) in [6.45, 7) is 2.01. The van der Waals surface area contributed by atoms with Crippen LogP contribution >= 0.6 is 0 Å². The Morgan fingerprint density at radius 3 is 2.53 bits per heavy atom. The second kappa shape index (κ2) is 5.93. The van der Waals surface area contributed by atoms with Crippen molar-refractivity contribution in [2.24, 2.45) is 0 Å². The van der Waals surface area contributed by atoms with E-state index in [2.05, 4.69) is 6.07 Å². The fourth-order valence-corrected chi connectivity index (χ4v) is 2.06. The average molecular weight is 262 g/mol. The van der Waals surface area contributed by atoms with Gasteiger partial charge < -0.3 is 5.11 Å². The molecule has 2 aromatic rings. The van der Waals surface area contributed by atoms with E-state index in [4.69, 9.17) is 0 Å². The van der Waals surface area contributed by atoms with Crippen LogP contribution in [0.3, 0.4) is 0 Å². The van der Waals surface area contributed by atoms with Gasteiger partial charge in [0, 0.05) is 0 Å². The van der Waals surface area contributed by atoms with Crippen molar-refractivity contribution in [1.82, 2.24) is 0 Å². The summed E-state index contributed by atoms with van der Waals surface area (Å²) in [5.74, 6) is -1.82. The monoisotopic (exact) mass is 262 g/mol.